The van der Waals surface area contributed by atoms with Gasteiger partial charge in [-0.3, -0.25) is 13.9 Å². The maximum absolute atomic E-state index is 14.7. The van der Waals surface area contributed by atoms with Crippen LogP contribution in [0.3, 0.4) is 0 Å². The summed E-state index contributed by atoms with van der Waals surface area (Å²) in [5, 5.41) is 3.25. The molecule has 1 fully saturated rings. The molecule has 46 heavy (non-hydrogen) atoms. The number of nitrogens with zero attached hydrogens (tertiary/aromatic N) is 2. The Morgan fingerprint density at radius 3 is 1.98 bits per heavy atom. The Kier molecular flexibility index (Phi) is 10.9. The fourth-order valence-electron chi connectivity index (χ4n) is 6.12. The van der Waals surface area contributed by atoms with Gasteiger partial charge >= 0.3 is 0 Å². The van der Waals surface area contributed by atoms with Crippen molar-refractivity contribution >= 4 is 27.5 Å². The Balaban J connectivity index is 1.57. The van der Waals surface area contributed by atoms with Crippen LogP contribution in [0.5, 0.6) is 0 Å². The highest BCUT2D eigenvalue weighted by atomic mass is 32.2. The zero-order valence-electron chi connectivity index (χ0n) is 26.6. The van der Waals surface area contributed by atoms with E-state index in [0.29, 0.717) is 12.1 Å². The van der Waals surface area contributed by atoms with Gasteiger partial charge in [-0.15, -0.1) is 0 Å². The van der Waals surface area contributed by atoms with E-state index in [2.05, 4.69) is 5.32 Å². The van der Waals surface area contributed by atoms with Crippen LogP contribution in [0.15, 0.2) is 114 Å². The van der Waals surface area contributed by atoms with Crippen LogP contribution in [0.25, 0.3) is 0 Å². The van der Waals surface area contributed by atoms with Crippen LogP contribution in [0.4, 0.5) is 5.69 Å². The van der Waals surface area contributed by atoms with Gasteiger partial charge in [-0.05, 0) is 67.1 Å². The van der Waals surface area contributed by atoms with Crippen LogP contribution in [0.1, 0.15) is 54.4 Å². The molecular formula is C38H43N3O4S. The molecule has 0 radical (unpaired) electrons. The maximum atomic E-state index is 14.7. The van der Waals surface area contributed by atoms with E-state index in [4.69, 9.17) is 0 Å². The van der Waals surface area contributed by atoms with Gasteiger partial charge in [-0.25, -0.2) is 8.42 Å². The van der Waals surface area contributed by atoms with Crippen LogP contribution in [-0.2, 0) is 32.6 Å². The van der Waals surface area contributed by atoms with Gasteiger partial charge < -0.3 is 10.2 Å². The summed E-state index contributed by atoms with van der Waals surface area (Å²) >= 11 is 0. The van der Waals surface area contributed by atoms with Gasteiger partial charge in [0.2, 0.25) is 11.8 Å². The number of nitrogens with one attached hydrogen (secondary N) is 1. The standard InChI is InChI=1S/C38H43N3O4S/c1-29-16-15-25-35(30(29)2)41(46(44,45)34-23-13-6-14-24-34)28-37(42)40(27-32-19-9-4-10-20-32)36(26-31-17-7-3-8-18-31)38(43)39-33-21-11-5-12-22-33/h3-4,6-10,13-20,23-25,33,36H,5,11-12,21-22,26-28H2,1-2H3,(H,39,43)/t36-/m1/s1. The molecule has 4 aromatic carbocycles. The van der Waals surface area contributed by atoms with Gasteiger partial charge in [-0.1, -0.05) is 110 Å². The number of anilines is 1. The Bertz CT molecular complexity index is 1710. The van der Waals surface area contributed by atoms with Gasteiger partial charge in [-0.2, -0.15) is 0 Å². The summed E-state index contributed by atoms with van der Waals surface area (Å²) in [5.74, 6) is -0.673. The van der Waals surface area contributed by atoms with E-state index in [0.717, 1.165) is 54.4 Å². The van der Waals surface area contributed by atoms with E-state index < -0.39 is 28.5 Å². The normalized spacial score (nSPS) is 14.3. The van der Waals surface area contributed by atoms with Gasteiger partial charge in [0, 0.05) is 19.0 Å². The molecule has 0 spiro atoms. The first-order valence-corrected chi connectivity index (χ1v) is 17.5. The summed E-state index contributed by atoms with van der Waals surface area (Å²) in [6.07, 6.45) is 5.39. The SMILES string of the molecule is Cc1cccc(N(CC(=O)N(Cc2ccccc2)[C@H](Cc2ccccc2)C(=O)NC2CCCCC2)S(=O)(=O)c2ccccc2)c1C. The van der Waals surface area contributed by atoms with Crippen molar-refractivity contribution in [1.29, 1.82) is 0 Å². The van der Waals surface area contributed by atoms with E-state index >= 15 is 0 Å². The lowest BCUT2D eigenvalue weighted by atomic mass is 9.94. The van der Waals surface area contributed by atoms with Crippen molar-refractivity contribution in [2.24, 2.45) is 0 Å². The van der Waals surface area contributed by atoms with Crippen molar-refractivity contribution in [1.82, 2.24) is 10.2 Å². The van der Waals surface area contributed by atoms with Gasteiger partial charge in [0.25, 0.3) is 10.0 Å². The molecular weight excluding hydrogens is 595 g/mol. The summed E-state index contributed by atoms with van der Waals surface area (Å²) in [5.41, 5.74) is 3.88. The number of aryl methyl sites for hydroxylation is 1. The first-order chi connectivity index (χ1) is 22.2. The van der Waals surface area contributed by atoms with Crippen molar-refractivity contribution in [3.63, 3.8) is 0 Å². The summed E-state index contributed by atoms with van der Waals surface area (Å²) in [6, 6.07) is 32.0. The zero-order chi connectivity index (χ0) is 32.5. The topological polar surface area (TPSA) is 86.8 Å². The predicted octanol–water partition coefficient (Wildman–Crippen LogP) is 6.59. The molecule has 0 bridgehead atoms. The quantitative estimate of drug-likeness (QED) is 0.190. The third-order valence-corrected chi connectivity index (χ3v) is 10.6. The van der Waals surface area contributed by atoms with Crippen LogP contribution >= 0.6 is 0 Å². The second kappa shape index (κ2) is 15.2. The molecule has 0 aromatic heterocycles. The number of hydrogen-bond donors (Lipinski definition) is 1. The first-order valence-electron chi connectivity index (χ1n) is 16.1. The molecule has 8 heteroatoms. The third kappa shape index (κ3) is 8.04. The minimum absolute atomic E-state index is 0.0538. The van der Waals surface area contributed by atoms with Crippen LogP contribution in [0.2, 0.25) is 0 Å². The number of amides is 2. The smallest absolute Gasteiger partial charge is 0.264 e. The number of carbonyl (C=O) groups excluding carboxylic acids is 2. The molecule has 0 aliphatic heterocycles. The Morgan fingerprint density at radius 2 is 1.35 bits per heavy atom. The van der Waals surface area contributed by atoms with E-state index in [1.165, 1.54) is 16.4 Å². The Morgan fingerprint density at radius 1 is 0.761 bits per heavy atom. The lowest BCUT2D eigenvalue weighted by Crippen LogP contribution is -2.55. The average molecular weight is 638 g/mol. The molecule has 0 saturated heterocycles. The van der Waals surface area contributed by atoms with E-state index in [9.17, 15) is 18.0 Å². The highest BCUT2D eigenvalue weighted by molar-refractivity contribution is 7.92. The maximum Gasteiger partial charge on any atom is 0.264 e. The molecule has 240 valence electrons. The summed E-state index contributed by atoms with van der Waals surface area (Å²) in [4.78, 5) is 30.5. The van der Waals surface area contributed by atoms with Crippen molar-refractivity contribution in [3.8, 4) is 0 Å². The van der Waals surface area contributed by atoms with Crippen LogP contribution in [-0.4, -0.2) is 43.8 Å². The molecule has 7 nitrogen and oxygen atoms in total. The number of sulfonamides is 1. The monoisotopic (exact) mass is 637 g/mol. The number of rotatable bonds is 12. The molecule has 0 unspecified atom stereocenters. The zero-order valence-corrected chi connectivity index (χ0v) is 27.5. The molecule has 1 aliphatic rings. The molecule has 1 saturated carbocycles. The van der Waals surface area contributed by atoms with Crippen molar-refractivity contribution < 1.29 is 18.0 Å². The number of carbonyl (C=O) groups is 2. The minimum atomic E-state index is -4.14. The van der Waals surface area contributed by atoms with E-state index in [-0.39, 0.29) is 23.4 Å². The number of benzene rings is 4. The number of hydrogen-bond acceptors (Lipinski definition) is 4. The largest absolute Gasteiger partial charge is 0.352 e. The Labute approximate surface area is 273 Å². The van der Waals surface area contributed by atoms with Crippen molar-refractivity contribution in [2.45, 2.75) is 75.9 Å². The average Bonchev–Trinajstić information content (AvgIpc) is 3.08. The first kappa shape index (κ1) is 32.9. The molecule has 4 aromatic rings. The van der Waals surface area contributed by atoms with E-state index in [1.54, 1.807) is 35.2 Å². The lowest BCUT2D eigenvalue weighted by molar-refractivity contribution is -0.140. The fourth-order valence-corrected chi connectivity index (χ4v) is 7.61. The second-order valence-electron chi connectivity index (χ2n) is 12.1. The highest BCUT2D eigenvalue weighted by Gasteiger charge is 2.35. The Hall–Kier alpha value is -4.43. The lowest BCUT2D eigenvalue weighted by Gasteiger charge is -2.35. The molecule has 5 rings (SSSR count). The summed E-state index contributed by atoms with van der Waals surface area (Å²) in [7, 11) is -4.14. The molecule has 1 N–H and O–H groups in total. The third-order valence-electron chi connectivity index (χ3n) is 8.87. The highest BCUT2D eigenvalue weighted by Crippen LogP contribution is 2.29. The summed E-state index contributed by atoms with van der Waals surface area (Å²) < 4.78 is 29.7. The second-order valence-corrected chi connectivity index (χ2v) is 14.0. The van der Waals surface area contributed by atoms with Gasteiger partial charge in [0.15, 0.2) is 0 Å². The van der Waals surface area contributed by atoms with Crippen molar-refractivity contribution in [2.75, 3.05) is 10.8 Å². The fraction of sp³-hybridized carbons (Fsp3) is 0.316. The van der Waals surface area contributed by atoms with Gasteiger partial charge in [0.1, 0.15) is 12.6 Å². The molecule has 0 heterocycles. The molecule has 1 aliphatic carbocycles. The predicted molar refractivity (Wildman–Crippen MR) is 183 cm³/mol. The minimum Gasteiger partial charge on any atom is -0.352 e. The van der Waals surface area contributed by atoms with Gasteiger partial charge in [0.05, 0.1) is 10.6 Å². The van der Waals surface area contributed by atoms with Crippen molar-refractivity contribution in [3.05, 3.63) is 131 Å². The molecule has 2 amide bonds. The van der Waals surface area contributed by atoms with Crippen LogP contribution in [0, 0.1) is 13.8 Å². The van der Waals surface area contributed by atoms with Crippen LogP contribution < -0.4 is 9.62 Å². The van der Waals surface area contributed by atoms with E-state index in [1.807, 2.05) is 80.6 Å². The molecule has 1 atom stereocenters. The summed E-state index contributed by atoms with van der Waals surface area (Å²) in [6.45, 7) is 3.47.